The van der Waals surface area contributed by atoms with Gasteiger partial charge in [-0.25, -0.2) is 13.4 Å². The van der Waals surface area contributed by atoms with Crippen molar-refractivity contribution >= 4 is 14.9 Å². The second-order valence-corrected chi connectivity index (χ2v) is 6.22. The van der Waals surface area contributed by atoms with Crippen LogP contribution < -0.4 is 0 Å². The second kappa shape index (κ2) is 4.06. The summed E-state index contributed by atoms with van der Waals surface area (Å²) in [4.78, 5) is 6.53. The van der Waals surface area contributed by atoms with Gasteiger partial charge < -0.3 is 0 Å². The molecule has 0 aliphatic carbocycles. The molecule has 0 aromatic carbocycles. The lowest BCUT2D eigenvalue weighted by atomic mass is 10.1. The molecule has 0 bridgehead atoms. The molecule has 0 radical (unpaired) electrons. The summed E-state index contributed by atoms with van der Waals surface area (Å²) < 4.78 is 23.5. The van der Waals surface area contributed by atoms with Crippen LogP contribution in [0.1, 0.15) is 26.2 Å². The number of likely N-dealkylation sites (tertiary alicyclic amines) is 1. The van der Waals surface area contributed by atoms with Crippen LogP contribution in [0, 0.1) is 0 Å². The van der Waals surface area contributed by atoms with Gasteiger partial charge in [0, 0.05) is 6.20 Å². The summed E-state index contributed by atoms with van der Waals surface area (Å²) in [5.41, 5.74) is 0. The maximum Gasteiger partial charge on any atom is 0.218 e. The summed E-state index contributed by atoms with van der Waals surface area (Å²) in [6, 6.07) is 0. The maximum absolute atomic E-state index is 11.7. The van der Waals surface area contributed by atoms with Gasteiger partial charge in [0.2, 0.25) is 9.84 Å². The van der Waals surface area contributed by atoms with Crippen molar-refractivity contribution in [3.05, 3.63) is 11.1 Å². The topological polar surface area (TPSA) is 49.7 Å². The Balaban J connectivity index is 2.02. The lowest BCUT2D eigenvalue weighted by Crippen LogP contribution is -2.36. The largest absolute Gasteiger partial charge is 0.297 e. The number of rotatable bonds is 2. The lowest BCUT2D eigenvalue weighted by molar-refractivity contribution is 0.259. The van der Waals surface area contributed by atoms with Crippen molar-refractivity contribution in [2.45, 2.75) is 26.2 Å². The van der Waals surface area contributed by atoms with Gasteiger partial charge >= 0.3 is 0 Å². The minimum atomic E-state index is -3.20. The fourth-order valence-corrected chi connectivity index (χ4v) is 3.03. The van der Waals surface area contributed by atoms with E-state index in [4.69, 9.17) is 0 Å². The normalized spacial score (nSPS) is 26.2. The standard InChI is InChI=1S/C10H16N2O2S/c1-9-7-11-10(15(9,13)14)8-12-5-3-2-4-6-12/h7H,2-6,8H2,1H3. The van der Waals surface area contributed by atoms with Crippen LogP contribution in [-0.4, -0.2) is 38.0 Å². The smallest absolute Gasteiger partial charge is 0.218 e. The third kappa shape index (κ3) is 2.13. The molecule has 5 heteroatoms. The zero-order valence-electron chi connectivity index (χ0n) is 8.94. The van der Waals surface area contributed by atoms with Gasteiger partial charge in [0.15, 0.2) is 5.04 Å². The van der Waals surface area contributed by atoms with E-state index in [1.54, 1.807) is 6.92 Å². The van der Waals surface area contributed by atoms with Crippen LogP contribution in [0.4, 0.5) is 0 Å². The first-order valence-electron chi connectivity index (χ1n) is 5.31. The Labute approximate surface area is 90.6 Å². The molecular weight excluding hydrogens is 212 g/mol. The van der Waals surface area contributed by atoms with Gasteiger partial charge in [-0.1, -0.05) is 6.42 Å². The first-order valence-corrected chi connectivity index (χ1v) is 6.80. The van der Waals surface area contributed by atoms with Gasteiger partial charge in [0.1, 0.15) is 0 Å². The number of allylic oxidation sites excluding steroid dienone is 1. The first-order chi connectivity index (χ1) is 7.10. The number of sulfone groups is 1. The molecule has 0 atom stereocenters. The van der Waals surface area contributed by atoms with Crippen molar-refractivity contribution in [2.75, 3.05) is 19.6 Å². The zero-order valence-corrected chi connectivity index (χ0v) is 9.76. The van der Waals surface area contributed by atoms with Crippen molar-refractivity contribution < 1.29 is 8.42 Å². The van der Waals surface area contributed by atoms with Crippen LogP contribution in [0.5, 0.6) is 0 Å². The molecule has 0 N–H and O–H groups in total. The lowest BCUT2D eigenvalue weighted by Gasteiger charge is -2.25. The second-order valence-electron chi connectivity index (χ2n) is 4.10. The SMILES string of the molecule is CC1=CN=C(CN2CCCCC2)S1(=O)=O. The highest BCUT2D eigenvalue weighted by Crippen LogP contribution is 2.18. The highest BCUT2D eigenvalue weighted by molar-refractivity contribution is 8.10. The average molecular weight is 228 g/mol. The third-order valence-electron chi connectivity index (χ3n) is 2.93. The highest BCUT2D eigenvalue weighted by atomic mass is 32.2. The van der Waals surface area contributed by atoms with E-state index < -0.39 is 9.84 Å². The highest BCUT2D eigenvalue weighted by Gasteiger charge is 2.28. The van der Waals surface area contributed by atoms with Crippen LogP contribution >= 0.6 is 0 Å². The number of nitrogens with zero attached hydrogens (tertiary/aromatic N) is 2. The molecule has 2 heterocycles. The molecule has 2 aliphatic rings. The summed E-state index contributed by atoms with van der Waals surface area (Å²) in [6.45, 7) is 4.07. The van der Waals surface area contributed by atoms with Gasteiger partial charge in [-0.15, -0.1) is 0 Å². The minimum Gasteiger partial charge on any atom is -0.297 e. The molecule has 2 rings (SSSR count). The van der Waals surface area contributed by atoms with Gasteiger partial charge in [-0.3, -0.25) is 4.90 Å². The first kappa shape index (κ1) is 10.8. The van der Waals surface area contributed by atoms with Gasteiger partial charge in [0.05, 0.1) is 11.4 Å². The van der Waals surface area contributed by atoms with Crippen molar-refractivity contribution in [3.8, 4) is 0 Å². The monoisotopic (exact) mass is 228 g/mol. The van der Waals surface area contributed by atoms with E-state index in [1.165, 1.54) is 25.5 Å². The quantitative estimate of drug-likeness (QED) is 0.712. The van der Waals surface area contributed by atoms with E-state index in [-0.39, 0.29) is 0 Å². The number of aliphatic imine (C=N–C) groups is 1. The molecule has 0 unspecified atom stereocenters. The molecule has 15 heavy (non-hydrogen) atoms. The van der Waals surface area contributed by atoms with Crippen molar-refractivity contribution in [1.29, 1.82) is 0 Å². The summed E-state index contributed by atoms with van der Waals surface area (Å²) >= 11 is 0. The molecule has 2 aliphatic heterocycles. The maximum atomic E-state index is 11.7. The fraction of sp³-hybridized carbons (Fsp3) is 0.700. The van der Waals surface area contributed by atoms with Crippen molar-refractivity contribution in [1.82, 2.24) is 4.90 Å². The Morgan fingerprint density at radius 2 is 2.00 bits per heavy atom. The van der Waals surface area contributed by atoms with Crippen LogP contribution in [-0.2, 0) is 9.84 Å². The van der Waals surface area contributed by atoms with E-state index in [0.717, 1.165) is 13.1 Å². The van der Waals surface area contributed by atoms with Gasteiger partial charge in [0.25, 0.3) is 0 Å². The molecule has 0 aromatic heterocycles. The predicted octanol–water partition coefficient (Wildman–Crippen LogP) is 1.16. The van der Waals surface area contributed by atoms with Crippen molar-refractivity contribution in [2.24, 2.45) is 4.99 Å². The molecule has 1 fully saturated rings. The summed E-state index contributed by atoms with van der Waals surface area (Å²) in [5.74, 6) is 0. The van der Waals surface area contributed by atoms with Gasteiger partial charge in [-0.2, -0.15) is 0 Å². The molecule has 4 nitrogen and oxygen atoms in total. The number of hydrogen-bond donors (Lipinski definition) is 0. The fourth-order valence-electron chi connectivity index (χ4n) is 1.92. The van der Waals surface area contributed by atoms with Crippen LogP contribution in [0.2, 0.25) is 0 Å². The van der Waals surface area contributed by atoms with E-state index in [2.05, 4.69) is 9.89 Å². The third-order valence-corrected chi connectivity index (χ3v) is 4.74. The van der Waals surface area contributed by atoms with Crippen LogP contribution in [0.3, 0.4) is 0 Å². The Hall–Kier alpha value is -0.680. The molecule has 84 valence electrons. The molecular formula is C10H16N2O2S. The number of piperidine rings is 1. The molecule has 0 aromatic rings. The van der Waals surface area contributed by atoms with Crippen LogP contribution in [0.25, 0.3) is 0 Å². The molecule has 0 amide bonds. The molecule has 0 spiro atoms. The molecule has 1 saturated heterocycles. The Morgan fingerprint density at radius 1 is 1.33 bits per heavy atom. The number of hydrogen-bond acceptors (Lipinski definition) is 4. The van der Waals surface area contributed by atoms with E-state index in [1.807, 2.05) is 0 Å². The zero-order chi connectivity index (χ0) is 10.9. The summed E-state index contributed by atoms with van der Waals surface area (Å²) in [7, 11) is -3.20. The Kier molecular flexibility index (Phi) is 2.93. The van der Waals surface area contributed by atoms with Crippen molar-refractivity contribution in [3.63, 3.8) is 0 Å². The van der Waals surface area contributed by atoms with Crippen LogP contribution in [0.15, 0.2) is 16.1 Å². The Bertz CT molecular complexity index is 403. The molecule has 0 saturated carbocycles. The van der Waals surface area contributed by atoms with Gasteiger partial charge in [-0.05, 0) is 32.9 Å². The van der Waals surface area contributed by atoms with E-state index >= 15 is 0 Å². The Morgan fingerprint density at radius 3 is 2.53 bits per heavy atom. The minimum absolute atomic E-state index is 0.321. The van der Waals surface area contributed by atoms with E-state index in [9.17, 15) is 8.42 Å². The van der Waals surface area contributed by atoms with E-state index in [0.29, 0.717) is 16.5 Å². The average Bonchev–Trinajstić information content (AvgIpc) is 2.47. The predicted molar refractivity (Wildman–Crippen MR) is 60.4 cm³/mol. The summed E-state index contributed by atoms with van der Waals surface area (Å²) in [6.07, 6.45) is 5.04. The summed E-state index contributed by atoms with van der Waals surface area (Å²) in [5, 5.41) is 0.321.